The van der Waals surface area contributed by atoms with Crippen LogP contribution in [0.2, 0.25) is 0 Å². The summed E-state index contributed by atoms with van der Waals surface area (Å²) < 4.78 is 5.54. The zero-order valence-electron chi connectivity index (χ0n) is 18.0. The van der Waals surface area contributed by atoms with E-state index in [1.807, 2.05) is 19.1 Å². The Morgan fingerprint density at radius 2 is 1.50 bits per heavy atom. The van der Waals surface area contributed by atoms with Crippen molar-refractivity contribution < 1.29 is 9.53 Å². The maximum atomic E-state index is 12.4. The van der Waals surface area contributed by atoms with Crippen LogP contribution in [-0.2, 0) is 4.79 Å². The predicted octanol–water partition coefficient (Wildman–Crippen LogP) is 6.88. The first-order valence-electron chi connectivity index (χ1n) is 11.8. The van der Waals surface area contributed by atoms with Gasteiger partial charge >= 0.3 is 5.97 Å². The summed E-state index contributed by atoms with van der Waals surface area (Å²) in [6.45, 7) is 4.24. The average Bonchev–Trinajstić information content (AvgIpc) is 2.73. The molecule has 0 amide bonds. The van der Waals surface area contributed by atoms with Gasteiger partial charge in [-0.3, -0.25) is 9.78 Å². The summed E-state index contributed by atoms with van der Waals surface area (Å²) in [5.74, 6) is 3.40. The normalized spacial score (nSPS) is 28.1. The molecule has 3 heteroatoms. The van der Waals surface area contributed by atoms with Crippen LogP contribution in [0.1, 0.15) is 96.1 Å². The third kappa shape index (κ3) is 6.60. The van der Waals surface area contributed by atoms with Crippen molar-refractivity contribution in [3.8, 4) is 5.75 Å². The third-order valence-electron chi connectivity index (χ3n) is 7.20. The maximum Gasteiger partial charge on any atom is 0.314 e. The van der Waals surface area contributed by atoms with E-state index < -0.39 is 0 Å². The van der Waals surface area contributed by atoms with Crippen molar-refractivity contribution in [3.05, 3.63) is 24.0 Å². The fraction of sp³-hybridized carbons (Fsp3) is 0.760. The van der Waals surface area contributed by atoms with Crippen LogP contribution in [0.25, 0.3) is 0 Å². The molecule has 0 aliphatic heterocycles. The molecule has 0 radical (unpaired) electrons. The lowest BCUT2D eigenvalue weighted by Gasteiger charge is -2.31. The molecular formula is C25H39NO2. The van der Waals surface area contributed by atoms with Crippen LogP contribution in [0.15, 0.2) is 18.3 Å². The van der Waals surface area contributed by atoms with E-state index in [-0.39, 0.29) is 11.9 Å². The monoisotopic (exact) mass is 385 g/mol. The van der Waals surface area contributed by atoms with Crippen LogP contribution in [0.5, 0.6) is 5.75 Å². The van der Waals surface area contributed by atoms with E-state index in [1.165, 1.54) is 70.6 Å². The molecule has 156 valence electrons. The second kappa shape index (κ2) is 11.0. The van der Waals surface area contributed by atoms with E-state index in [2.05, 4.69) is 11.9 Å². The summed E-state index contributed by atoms with van der Waals surface area (Å²) in [7, 11) is 0. The first-order valence-corrected chi connectivity index (χ1v) is 11.8. The van der Waals surface area contributed by atoms with Crippen LogP contribution in [0, 0.1) is 30.6 Å². The molecule has 0 unspecified atom stereocenters. The van der Waals surface area contributed by atoms with Gasteiger partial charge in [-0.25, -0.2) is 0 Å². The maximum absolute atomic E-state index is 12.4. The number of aromatic nitrogens is 1. The molecule has 0 atom stereocenters. The molecule has 0 aromatic carbocycles. The van der Waals surface area contributed by atoms with Crippen molar-refractivity contribution in [3.63, 3.8) is 0 Å². The van der Waals surface area contributed by atoms with Gasteiger partial charge in [0.15, 0.2) is 0 Å². The van der Waals surface area contributed by atoms with Gasteiger partial charge in [-0.1, -0.05) is 64.7 Å². The van der Waals surface area contributed by atoms with Gasteiger partial charge < -0.3 is 4.74 Å². The number of pyridine rings is 1. The smallest absolute Gasteiger partial charge is 0.314 e. The standard InChI is InChI=1S/C25H39NO2/c1-3-4-5-20-7-9-21(10-8-20)11-12-22-13-15-23(16-14-22)25(27)28-24-17-6-19(2)26-18-24/h6,17-18,20-23H,3-5,7-16H2,1-2H3/t20-,21-,22-,23-. The molecular weight excluding hydrogens is 346 g/mol. The molecule has 2 aliphatic carbocycles. The van der Waals surface area contributed by atoms with E-state index in [1.54, 1.807) is 6.20 Å². The van der Waals surface area contributed by atoms with Gasteiger partial charge in [0, 0.05) is 5.69 Å². The number of rotatable bonds is 8. The van der Waals surface area contributed by atoms with Gasteiger partial charge in [0.1, 0.15) is 5.75 Å². The molecule has 2 aliphatic rings. The first kappa shape index (κ1) is 21.3. The van der Waals surface area contributed by atoms with Gasteiger partial charge in [-0.05, 0) is 62.5 Å². The number of carbonyl (C=O) groups is 1. The Morgan fingerprint density at radius 3 is 2.04 bits per heavy atom. The summed E-state index contributed by atoms with van der Waals surface area (Å²) >= 11 is 0. The van der Waals surface area contributed by atoms with Crippen molar-refractivity contribution in [2.24, 2.45) is 23.7 Å². The second-order valence-electron chi connectivity index (χ2n) is 9.38. The predicted molar refractivity (Wildman–Crippen MR) is 114 cm³/mol. The van der Waals surface area contributed by atoms with Crippen LogP contribution in [-0.4, -0.2) is 11.0 Å². The van der Waals surface area contributed by atoms with E-state index >= 15 is 0 Å². The second-order valence-corrected chi connectivity index (χ2v) is 9.38. The fourth-order valence-corrected chi connectivity index (χ4v) is 5.17. The molecule has 0 N–H and O–H groups in total. The Morgan fingerprint density at radius 1 is 0.929 bits per heavy atom. The lowest BCUT2D eigenvalue weighted by Crippen LogP contribution is -2.26. The molecule has 0 bridgehead atoms. The van der Waals surface area contributed by atoms with Crippen molar-refractivity contribution in [2.75, 3.05) is 0 Å². The average molecular weight is 386 g/mol. The van der Waals surface area contributed by atoms with Crippen LogP contribution < -0.4 is 4.74 Å². The molecule has 0 spiro atoms. The van der Waals surface area contributed by atoms with Crippen LogP contribution in [0.3, 0.4) is 0 Å². The van der Waals surface area contributed by atoms with E-state index in [0.717, 1.165) is 36.3 Å². The summed E-state index contributed by atoms with van der Waals surface area (Å²) in [6, 6.07) is 3.72. The number of esters is 1. The summed E-state index contributed by atoms with van der Waals surface area (Å²) in [6.07, 6.45) is 18.9. The van der Waals surface area contributed by atoms with Crippen molar-refractivity contribution in [1.82, 2.24) is 4.98 Å². The lowest BCUT2D eigenvalue weighted by molar-refractivity contribution is -0.140. The molecule has 1 aromatic rings. The van der Waals surface area contributed by atoms with Crippen molar-refractivity contribution in [2.45, 2.75) is 97.3 Å². The molecule has 3 rings (SSSR count). The molecule has 0 saturated heterocycles. The highest BCUT2D eigenvalue weighted by Gasteiger charge is 2.28. The topological polar surface area (TPSA) is 39.2 Å². The zero-order valence-corrected chi connectivity index (χ0v) is 18.0. The highest BCUT2D eigenvalue weighted by Crippen LogP contribution is 2.38. The van der Waals surface area contributed by atoms with E-state index in [4.69, 9.17) is 4.74 Å². The Balaban J connectivity index is 1.31. The minimum absolute atomic E-state index is 0.0606. The molecule has 28 heavy (non-hydrogen) atoms. The van der Waals surface area contributed by atoms with Crippen LogP contribution in [0.4, 0.5) is 0 Å². The van der Waals surface area contributed by atoms with Crippen LogP contribution >= 0.6 is 0 Å². The number of hydrogen-bond donors (Lipinski definition) is 0. The number of nitrogens with zero attached hydrogens (tertiary/aromatic N) is 1. The molecule has 2 saturated carbocycles. The molecule has 3 nitrogen and oxygen atoms in total. The summed E-state index contributed by atoms with van der Waals surface area (Å²) in [4.78, 5) is 16.6. The van der Waals surface area contributed by atoms with Crippen molar-refractivity contribution >= 4 is 5.97 Å². The van der Waals surface area contributed by atoms with E-state index in [9.17, 15) is 4.79 Å². The number of ether oxygens (including phenoxy) is 1. The Bertz CT molecular complexity index is 581. The van der Waals surface area contributed by atoms with Gasteiger partial charge in [0.25, 0.3) is 0 Å². The lowest BCUT2D eigenvalue weighted by atomic mass is 9.75. The van der Waals surface area contributed by atoms with E-state index in [0.29, 0.717) is 5.75 Å². The quantitative estimate of drug-likeness (QED) is 0.458. The summed E-state index contributed by atoms with van der Waals surface area (Å²) in [5.41, 5.74) is 0.940. The highest BCUT2D eigenvalue weighted by atomic mass is 16.5. The Kier molecular flexibility index (Phi) is 8.36. The first-order chi connectivity index (χ1) is 13.6. The third-order valence-corrected chi connectivity index (χ3v) is 7.20. The molecule has 2 fully saturated rings. The fourth-order valence-electron chi connectivity index (χ4n) is 5.17. The Hall–Kier alpha value is -1.38. The minimum Gasteiger partial charge on any atom is -0.425 e. The molecule has 1 heterocycles. The molecule has 1 aromatic heterocycles. The van der Waals surface area contributed by atoms with Gasteiger partial charge in [0.2, 0.25) is 0 Å². The zero-order chi connectivity index (χ0) is 19.8. The Labute approximate surface area is 171 Å². The minimum atomic E-state index is -0.0606. The van der Waals surface area contributed by atoms with Gasteiger partial charge in [-0.15, -0.1) is 0 Å². The highest BCUT2D eigenvalue weighted by molar-refractivity contribution is 5.75. The van der Waals surface area contributed by atoms with Crippen molar-refractivity contribution in [1.29, 1.82) is 0 Å². The SMILES string of the molecule is CCCC[C@H]1CC[C@H](CC[C@H]2CC[C@H](C(=O)Oc3ccc(C)nc3)CC2)CC1. The van der Waals surface area contributed by atoms with Gasteiger partial charge in [0.05, 0.1) is 12.1 Å². The number of aryl methyl sites for hydroxylation is 1. The van der Waals surface area contributed by atoms with Gasteiger partial charge in [-0.2, -0.15) is 0 Å². The summed E-state index contributed by atoms with van der Waals surface area (Å²) in [5, 5.41) is 0. The number of carbonyl (C=O) groups excluding carboxylic acids is 1. The largest absolute Gasteiger partial charge is 0.425 e. The number of unbranched alkanes of at least 4 members (excludes halogenated alkanes) is 1. The number of hydrogen-bond acceptors (Lipinski definition) is 3.